The molecule has 0 N–H and O–H groups in total. The number of hydrogen-bond acceptors (Lipinski definition) is 4. The highest BCUT2D eigenvalue weighted by atomic mass is 35.5. The molecule has 1 unspecified atom stereocenters. The first-order chi connectivity index (χ1) is 10.9. The van der Waals surface area contributed by atoms with Crippen molar-refractivity contribution in [2.75, 3.05) is 6.26 Å². The Labute approximate surface area is 145 Å². The summed E-state index contributed by atoms with van der Waals surface area (Å²) in [4.78, 5) is 21.0. The third-order valence-corrected chi connectivity index (χ3v) is 4.67. The summed E-state index contributed by atoms with van der Waals surface area (Å²) in [6, 6.07) is 5.03. The lowest BCUT2D eigenvalue weighted by molar-refractivity contribution is 0.592. The Kier molecular flexibility index (Phi) is 4.33. The molecule has 0 bridgehead atoms. The Balaban J connectivity index is 2.36. The van der Waals surface area contributed by atoms with E-state index in [1.165, 1.54) is 17.0 Å². The van der Waals surface area contributed by atoms with Gasteiger partial charge in [0.25, 0.3) is 5.56 Å². The summed E-state index contributed by atoms with van der Waals surface area (Å²) in [7, 11) is 0. The maximum Gasteiger partial charge on any atom is 0.342 e. The summed E-state index contributed by atoms with van der Waals surface area (Å²) < 4.78 is 12.9. The van der Waals surface area contributed by atoms with Gasteiger partial charge in [0.05, 0.1) is 26.6 Å². The predicted molar refractivity (Wildman–Crippen MR) is 92.2 cm³/mol. The SMILES string of the molecule is Cc1cn(-c2c(Cl)cccc2Cl)c(=O)c2cnc([S+](C)[O-])nc12. The number of hydrogen-bond donors (Lipinski definition) is 0. The summed E-state index contributed by atoms with van der Waals surface area (Å²) >= 11 is 11.1. The van der Waals surface area contributed by atoms with Gasteiger partial charge in [-0.25, -0.2) is 0 Å². The molecule has 5 nitrogen and oxygen atoms in total. The van der Waals surface area contributed by atoms with Crippen LogP contribution in [0.2, 0.25) is 10.0 Å². The molecule has 0 amide bonds. The second-order valence-electron chi connectivity index (χ2n) is 4.93. The molecule has 8 heteroatoms. The monoisotopic (exact) mass is 367 g/mol. The van der Waals surface area contributed by atoms with Gasteiger partial charge in [0.2, 0.25) is 0 Å². The minimum absolute atomic E-state index is 0.188. The van der Waals surface area contributed by atoms with Gasteiger partial charge < -0.3 is 4.55 Å². The lowest BCUT2D eigenvalue weighted by Gasteiger charge is -2.13. The summed E-state index contributed by atoms with van der Waals surface area (Å²) in [6.07, 6.45) is 4.49. The summed E-state index contributed by atoms with van der Waals surface area (Å²) in [6.45, 7) is 1.80. The number of aryl methyl sites for hydroxylation is 1. The van der Waals surface area contributed by atoms with E-state index in [0.717, 1.165) is 5.56 Å². The highest BCUT2D eigenvalue weighted by Crippen LogP contribution is 2.28. The molecule has 0 aliphatic heterocycles. The lowest BCUT2D eigenvalue weighted by Crippen LogP contribution is -2.20. The van der Waals surface area contributed by atoms with Crippen LogP contribution >= 0.6 is 23.2 Å². The van der Waals surface area contributed by atoms with Gasteiger partial charge >= 0.3 is 5.16 Å². The molecule has 1 aromatic carbocycles. The first-order valence-corrected chi connectivity index (χ1v) is 8.88. The fourth-order valence-electron chi connectivity index (χ4n) is 2.29. The van der Waals surface area contributed by atoms with Gasteiger partial charge in [0.15, 0.2) is 0 Å². The number of benzene rings is 1. The third kappa shape index (κ3) is 2.83. The van der Waals surface area contributed by atoms with E-state index in [-0.39, 0.29) is 10.7 Å². The average molecular weight is 368 g/mol. The standard InChI is InChI=1S/C15H11Cl2N3O2S/c1-8-7-20(13-10(16)4-3-5-11(13)17)14(21)9-6-18-15(23(2)22)19-12(8)9/h3-7H,1-2H3. The number of para-hydroxylation sites is 1. The van der Waals surface area contributed by atoms with Crippen LogP contribution in [0.5, 0.6) is 0 Å². The Morgan fingerprint density at radius 2 is 1.91 bits per heavy atom. The Bertz CT molecular complexity index is 953. The van der Waals surface area contributed by atoms with Crippen LogP contribution in [0.1, 0.15) is 5.56 Å². The van der Waals surface area contributed by atoms with E-state index in [2.05, 4.69) is 9.97 Å². The van der Waals surface area contributed by atoms with Crippen molar-refractivity contribution in [1.82, 2.24) is 14.5 Å². The Morgan fingerprint density at radius 1 is 1.26 bits per heavy atom. The van der Waals surface area contributed by atoms with Crippen molar-refractivity contribution in [3.8, 4) is 5.69 Å². The molecule has 1 atom stereocenters. The molecule has 23 heavy (non-hydrogen) atoms. The molecule has 0 saturated carbocycles. The van der Waals surface area contributed by atoms with Gasteiger partial charge in [-0.05, 0) is 24.6 Å². The van der Waals surface area contributed by atoms with E-state index in [0.29, 0.717) is 26.6 Å². The molecule has 0 aliphatic carbocycles. The first kappa shape index (κ1) is 16.3. The third-order valence-electron chi connectivity index (χ3n) is 3.35. The van der Waals surface area contributed by atoms with Crippen molar-refractivity contribution in [3.05, 3.63) is 56.6 Å². The number of nitrogens with zero attached hydrogens (tertiary/aromatic N) is 3. The number of fused-ring (bicyclic) bond motifs is 1. The summed E-state index contributed by atoms with van der Waals surface area (Å²) in [5.41, 5.74) is 1.27. The number of aromatic nitrogens is 3. The van der Waals surface area contributed by atoms with E-state index >= 15 is 0 Å². The molecule has 2 heterocycles. The number of pyridine rings is 1. The maximum atomic E-state index is 12.8. The van der Waals surface area contributed by atoms with E-state index in [4.69, 9.17) is 23.2 Å². The van der Waals surface area contributed by atoms with Crippen LogP contribution in [0.25, 0.3) is 16.6 Å². The van der Waals surface area contributed by atoms with Gasteiger partial charge in [0.1, 0.15) is 6.26 Å². The van der Waals surface area contributed by atoms with Crippen molar-refractivity contribution >= 4 is 45.3 Å². The first-order valence-electron chi connectivity index (χ1n) is 6.57. The molecular formula is C15H11Cl2N3O2S. The second-order valence-corrected chi connectivity index (χ2v) is 7.01. The quantitative estimate of drug-likeness (QED) is 0.515. The van der Waals surface area contributed by atoms with Crippen molar-refractivity contribution in [2.24, 2.45) is 0 Å². The van der Waals surface area contributed by atoms with Gasteiger partial charge in [-0.3, -0.25) is 9.36 Å². The van der Waals surface area contributed by atoms with Gasteiger partial charge in [0, 0.05) is 23.6 Å². The van der Waals surface area contributed by atoms with Crippen LogP contribution < -0.4 is 5.56 Å². The molecular weight excluding hydrogens is 357 g/mol. The fraction of sp³-hybridized carbons (Fsp3) is 0.133. The van der Waals surface area contributed by atoms with Crippen LogP contribution in [-0.4, -0.2) is 25.3 Å². The summed E-state index contributed by atoms with van der Waals surface area (Å²) in [5.74, 6) is 0. The van der Waals surface area contributed by atoms with Crippen LogP contribution in [0.3, 0.4) is 0 Å². The van der Waals surface area contributed by atoms with Gasteiger partial charge in [-0.1, -0.05) is 29.3 Å². The van der Waals surface area contributed by atoms with Crippen LogP contribution in [0, 0.1) is 6.92 Å². The van der Waals surface area contributed by atoms with Gasteiger partial charge in [-0.15, -0.1) is 0 Å². The van der Waals surface area contributed by atoms with Crippen LogP contribution in [0.4, 0.5) is 0 Å². The molecule has 0 aliphatic rings. The largest absolute Gasteiger partial charge is 0.609 e. The van der Waals surface area contributed by atoms with Crippen molar-refractivity contribution < 1.29 is 4.55 Å². The smallest absolute Gasteiger partial charge is 0.342 e. The molecule has 0 radical (unpaired) electrons. The number of rotatable bonds is 2. The van der Waals surface area contributed by atoms with Crippen molar-refractivity contribution in [3.63, 3.8) is 0 Å². The Hall–Kier alpha value is -1.60. The molecule has 0 saturated heterocycles. The second kappa shape index (κ2) is 6.13. The van der Waals surface area contributed by atoms with E-state index in [1.54, 1.807) is 31.3 Å². The lowest BCUT2D eigenvalue weighted by atomic mass is 10.2. The molecule has 3 aromatic rings. The van der Waals surface area contributed by atoms with E-state index < -0.39 is 11.2 Å². The zero-order valence-electron chi connectivity index (χ0n) is 12.2. The topological polar surface area (TPSA) is 70.8 Å². The van der Waals surface area contributed by atoms with E-state index in [9.17, 15) is 9.35 Å². The highest BCUT2D eigenvalue weighted by Gasteiger charge is 2.17. The summed E-state index contributed by atoms with van der Waals surface area (Å²) in [5, 5.41) is 1.24. The van der Waals surface area contributed by atoms with Gasteiger partial charge in [-0.2, -0.15) is 9.97 Å². The zero-order chi connectivity index (χ0) is 16.7. The normalized spacial score (nSPS) is 12.6. The Morgan fingerprint density at radius 3 is 2.52 bits per heavy atom. The molecule has 118 valence electrons. The minimum atomic E-state index is -1.32. The van der Waals surface area contributed by atoms with Crippen molar-refractivity contribution in [2.45, 2.75) is 12.1 Å². The maximum absolute atomic E-state index is 12.8. The molecule has 2 aromatic heterocycles. The zero-order valence-corrected chi connectivity index (χ0v) is 14.5. The van der Waals surface area contributed by atoms with Crippen LogP contribution in [-0.2, 0) is 11.2 Å². The van der Waals surface area contributed by atoms with E-state index in [1.807, 2.05) is 0 Å². The molecule has 3 rings (SSSR count). The minimum Gasteiger partial charge on any atom is -0.609 e. The van der Waals surface area contributed by atoms with Crippen LogP contribution in [0.15, 0.2) is 40.5 Å². The predicted octanol–water partition coefficient (Wildman–Crippen LogP) is 3.13. The fourth-order valence-corrected chi connectivity index (χ4v) is 3.29. The van der Waals surface area contributed by atoms with Crippen molar-refractivity contribution in [1.29, 1.82) is 0 Å². The molecule has 0 spiro atoms. The molecule has 0 fully saturated rings. The number of halogens is 2. The highest BCUT2D eigenvalue weighted by molar-refractivity contribution is 7.90. The average Bonchev–Trinajstić information content (AvgIpc) is 2.51.